The monoisotopic (exact) mass is 374 g/mol. The van der Waals surface area contributed by atoms with E-state index in [1.54, 1.807) is 35.3 Å². The molecule has 0 spiro atoms. The summed E-state index contributed by atoms with van der Waals surface area (Å²) in [5, 5.41) is 14.2. The Hall–Kier alpha value is -3.52. The third kappa shape index (κ3) is 3.03. The van der Waals surface area contributed by atoms with Gasteiger partial charge in [0.2, 0.25) is 0 Å². The Morgan fingerprint density at radius 1 is 1.00 bits per heavy atom. The van der Waals surface area contributed by atoms with Crippen LogP contribution in [-0.2, 0) is 4.74 Å². The number of rotatable bonds is 3. The van der Waals surface area contributed by atoms with E-state index in [0.717, 1.165) is 41.1 Å². The molecule has 1 aliphatic rings. The van der Waals surface area contributed by atoms with Crippen LogP contribution >= 0.6 is 0 Å². The fourth-order valence-corrected chi connectivity index (χ4v) is 3.30. The molecule has 0 amide bonds. The second kappa shape index (κ2) is 6.90. The Morgan fingerprint density at radius 3 is 2.75 bits per heavy atom. The molecule has 1 N–H and O–H groups in total. The van der Waals surface area contributed by atoms with Gasteiger partial charge in [0.05, 0.1) is 24.9 Å². The third-order valence-electron chi connectivity index (χ3n) is 4.70. The van der Waals surface area contributed by atoms with Crippen molar-refractivity contribution in [1.82, 2.24) is 24.7 Å². The van der Waals surface area contributed by atoms with Gasteiger partial charge in [0.25, 0.3) is 5.95 Å². The van der Waals surface area contributed by atoms with E-state index in [9.17, 15) is 5.11 Å². The van der Waals surface area contributed by atoms with Crippen molar-refractivity contribution in [3.05, 3.63) is 55.0 Å². The Labute approximate surface area is 161 Å². The molecule has 5 rings (SSSR count). The molecule has 8 heteroatoms. The van der Waals surface area contributed by atoms with Crippen LogP contribution in [-0.4, -0.2) is 56.1 Å². The molecule has 8 nitrogen and oxygen atoms in total. The molecular weight excluding hydrogens is 356 g/mol. The molecule has 140 valence electrons. The van der Waals surface area contributed by atoms with Gasteiger partial charge in [0.15, 0.2) is 5.82 Å². The zero-order valence-corrected chi connectivity index (χ0v) is 15.1. The van der Waals surface area contributed by atoms with Crippen molar-refractivity contribution >= 4 is 16.9 Å². The predicted octanol–water partition coefficient (Wildman–Crippen LogP) is 2.42. The molecule has 0 radical (unpaired) electrons. The van der Waals surface area contributed by atoms with Crippen LogP contribution in [0.1, 0.15) is 0 Å². The molecule has 4 aromatic rings. The van der Waals surface area contributed by atoms with Gasteiger partial charge in [-0.15, -0.1) is 0 Å². The molecular formula is C20H18N6O2. The minimum absolute atomic E-state index is 0.216. The lowest BCUT2D eigenvalue weighted by molar-refractivity contribution is 0.122. The summed E-state index contributed by atoms with van der Waals surface area (Å²) in [6.45, 7) is 2.85. The van der Waals surface area contributed by atoms with Crippen LogP contribution in [0.25, 0.3) is 28.1 Å². The average molecular weight is 374 g/mol. The first-order valence-corrected chi connectivity index (χ1v) is 9.08. The van der Waals surface area contributed by atoms with Crippen LogP contribution < -0.4 is 4.90 Å². The molecule has 4 heterocycles. The van der Waals surface area contributed by atoms with Crippen molar-refractivity contribution in [2.45, 2.75) is 0 Å². The highest BCUT2D eigenvalue weighted by atomic mass is 16.5. The summed E-state index contributed by atoms with van der Waals surface area (Å²) in [6.07, 6.45) is 5.35. The van der Waals surface area contributed by atoms with Crippen LogP contribution in [0.2, 0.25) is 0 Å². The highest BCUT2D eigenvalue weighted by molar-refractivity contribution is 5.86. The van der Waals surface area contributed by atoms with Gasteiger partial charge < -0.3 is 14.7 Å². The normalized spacial score (nSPS) is 14.5. The summed E-state index contributed by atoms with van der Waals surface area (Å²) in [5.74, 6) is 1.49. The summed E-state index contributed by atoms with van der Waals surface area (Å²) < 4.78 is 7.12. The zero-order valence-electron chi connectivity index (χ0n) is 15.1. The van der Waals surface area contributed by atoms with Crippen molar-refractivity contribution in [1.29, 1.82) is 0 Å². The van der Waals surface area contributed by atoms with Gasteiger partial charge in [0.1, 0.15) is 11.3 Å². The fraction of sp³-hybridized carbons (Fsp3) is 0.200. The van der Waals surface area contributed by atoms with Crippen LogP contribution in [0.4, 0.5) is 5.82 Å². The number of ether oxygens (including phenoxy) is 1. The Morgan fingerprint density at radius 2 is 1.89 bits per heavy atom. The number of aromatic hydroxyl groups is 1. The molecule has 1 saturated heterocycles. The Bertz CT molecular complexity index is 1140. The van der Waals surface area contributed by atoms with Gasteiger partial charge in [-0.1, -0.05) is 12.1 Å². The number of nitrogens with zero attached hydrogens (tertiary/aromatic N) is 6. The minimum atomic E-state index is 0.216. The second-order valence-electron chi connectivity index (χ2n) is 6.54. The number of hydrogen-bond donors (Lipinski definition) is 1. The molecule has 1 aliphatic heterocycles. The zero-order chi connectivity index (χ0) is 18.9. The van der Waals surface area contributed by atoms with Crippen LogP contribution in [0, 0.1) is 0 Å². The summed E-state index contributed by atoms with van der Waals surface area (Å²) >= 11 is 0. The number of phenols is 1. The molecule has 1 fully saturated rings. The average Bonchev–Trinajstić information content (AvgIpc) is 3.24. The quantitative estimate of drug-likeness (QED) is 0.589. The van der Waals surface area contributed by atoms with Crippen LogP contribution in [0.5, 0.6) is 5.75 Å². The lowest BCUT2D eigenvalue weighted by Gasteiger charge is -2.28. The number of phenolic OH excluding ortho intramolecular Hbond substituents is 1. The number of hydrogen-bond acceptors (Lipinski definition) is 7. The highest BCUT2D eigenvalue weighted by Gasteiger charge is 2.19. The molecule has 0 unspecified atom stereocenters. The maximum atomic E-state index is 9.72. The van der Waals surface area contributed by atoms with E-state index in [1.807, 2.05) is 24.4 Å². The molecule has 28 heavy (non-hydrogen) atoms. The largest absolute Gasteiger partial charge is 0.508 e. The number of pyridine rings is 1. The van der Waals surface area contributed by atoms with E-state index >= 15 is 0 Å². The second-order valence-corrected chi connectivity index (χ2v) is 6.54. The van der Waals surface area contributed by atoms with Crippen molar-refractivity contribution in [2.24, 2.45) is 0 Å². The predicted molar refractivity (Wildman–Crippen MR) is 105 cm³/mol. The van der Waals surface area contributed by atoms with Crippen molar-refractivity contribution < 1.29 is 9.84 Å². The van der Waals surface area contributed by atoms with Crippen molar-refractivity contribution in [3.63, 3.8) is 0 Å². The number of benzene rings is 1. The molecule has 1 aromatic carbocycles. The molecule has 0 bridgehead atoms. The third-order valence-corrected chi connectivity index (χ3v) is 4.70. The van der Waals surface area contributed by atoms with Crippen LogP contribution in [0.15, 0.2) is 55.0 Å². The van der Waals surface area contributed by atoms with Gasteiger partial charge in [-0.2, -0.15) is 10.1 Å². The van der Waals surface area contributed by atoms with Gasteiger partial charge in [-0.3, -0.25) is 4.98 Å². The maximum Gasteiger partial charge on any atom is 0.253 e. The first-order chi connectivity index (χ1) is 13.8. The molecule has 0 atom stereocenters. The highest BCUT2D eigenvalue weighted by Crippen LogP contribution is 2.26. The number of anilines is 1. The molecule has 0 saturated carbocycles. The fourth-order valence-electron chi connectivity index (χ4n) is 3.30. The van der Waals surface area contributed by atoms with Gasteiger partial charge >= 0.3 is 0 Å². The summed E-state index contributed by atoms with van der Waals surface area (Å²) in [6, 6.07) is 10.9. The topological polar surface area (TPSA) is 89.2 Å². The number of aromatic nitrogens is 5. The minimum Gasteiger partial charge on any atom is -0.508 e. The number of morpholine rings is 1. The summed E-state index contributed by atoms with van der Waals surface area (Å²) in [7, 11) is 0. The van der Waals surface area contributed by atoms with Crippen molar-refractivity contribution in [3.8, 4) is 22.8 Å². The van der Waals surface area contributed by atoms with Crippen molar-refractivity contribution in [2.75, 3.05) is 31.2 Å². The van der Waals surface area contributed by atoms with E-state index in [2.05, 4.69) is 20.0 Å². The van der Waals surface area contributed by atoms with E-state index in [0.29, 0.717) is 19.2 Å². The summed E-state index contributed by atoms with van der Waals surface area (Å²) in [4.78, 5) is 16.1. The lowest BCUT2D eigenvalue weighted by atomic mass is 10.1. The van der Waals surface area contributed by atoms with E-state index < -0.39 is 0 Å². The SMILES string of the molecule is Oc1cccc(-c2cnn(-c3nc(N4CCOCC4)c4ncccc4n3)c2)c1. The first kappa shape index (κ1) is 16.6. The Kier molecular flexibility index (Phi) is 4.10. The first-order valence-electron chi connectivity index (χ1n) is 9.08. The van der Waals surface area contributed by atoms with E-state index in [1.165, 1.54) is 0 Å². The Balaban J connectivity index is 1.59. The lowest BCUT2D eigenvalue weighted by Crippen LogP contribution is -2.37. The number of fused-ring (bicyclic) bond motifs is 1. The summed E-state index contributed by atoms with van der Waals surface area (Å²) in [5.41, 5.74) is 3.29. The van der Waals surface area contributed by atoms with Gasteiger partial charge in [-0.25, -0.2) is 9.67 Å². The molecule has 0 aliphatic carbocycles. The van der Waals surface area contributed by atoms with E-state index in [4.69, 9.17) is 9.72 Å². The van der Waals surface area contributed by atoms with Gasteiger partial charge in [-0.05, 0) is 29.8 Å². The maximum absolute atomic E-state index is 9.72. The smallest absolute Gasteiger partial charge is 0.253 e. The van der Waals surface area contributed by atoms with E-state index in [-0.39, 0.29) is 5.75 Å². The van der Waals surface area contributed by atoms with Crippen LogP contribution in [0.3, 0.4) is 0 Å². The van der Waals surface area contributed by atoms with Gasteiger partial charge in [0, 0.05) is 31.0 Å². The molecule has 3 aromatic heterocycles. The standard InChI is InChI=1S/C20H18N6O2/c27-16-4-1-3-14(11-16)15-12-22-26(13-15)20-23-17-5-2-6-21-18(17)19(24-20)25-7-9-28-10-8-25/h1-6,11-13,27H,7-10H2.